The zero-order chi connectivity index (χ0) is 17.0. The van der Waals surface area contributed by atoms with Crippen LogP contribution in [0.5, 0.6) is 0 Å². The third kappa shape index (κ3) is 6.47. The van der Waals surface area contributed by atoms with Crippen LogP contribution < -0.4 is 5.32 Å². The number of hydrogen-bond donors (Lipinski definition) is 1. The normalized spacial score (nSPS) is 10.8. The molecule has 0 aliphatic rings. The molecule has 0 saturated heterocycles. The van der Waals surface area contributed by atoms with Gasteiger partial charge >= 0.3 is 0 Å². The summed E-state index contributed by atoms with van der Waals surface area (Å²) in [7, 11) is 0.321. The van der Waals surface area contributed by atoms with E-state index >= 15 is 0 Å². The van der Waals surface area contributed by atoms with Crippen molar-refractivity contribution in [2.24, 2.45) is 0 Å². The fourth-order valence-corrected chi connectivity index (χ4v) is 3.00. The van der Waals surface area contributed by atoms with Gasteiger partial charge in [0.1, 0.15) is 18.1 Å². The van der Waals surface area contributed by atoms with Crippen LogP contribution in [0.25, 0.3) is 11.0 Å². The van der Waals surface area contributed by atoms with E-state index in [2.05, 4.69) is 10.3 Å². The highest BCUT2D eigenvalue weighted by Crippen LogP contribution is 2.18. The lowest BCUT2D eigenvalue weighted by molar-refractivity contribution is -0.130. The Morgan fingerprint density at radius 3 is 2.52 bits per heavy atom. The molecule has 142 valence electrons. The molecule has 1 amide bonds. The maximum Gasteiger partial charge on any atom is 0.242 e. The van der Waals surface area contributed by atoms with Crippen molar-refractivity contribution in [3.05, 3.63) is 30.1 Å². The number of nitrogens with zero attached hydrogens (tertiary/aromatic N) is 3. The van der Waals surface area contributed by atoms with E-state index in [9.17, 15) is 13.2 Å². The minimum Gasteiger partial charge on any atom is -0.343 e. The maximum atomic E-state index is 12.4. The van der Waals surface area contributed by atoms with Crippen molar-refractivity contribution in [1.29, 1.82) is 0 Å². The monoisotopic (exact) mass is 410 g/mol. The van der Waals surface area contributed by atoms with Gasteiger partial charge in [-0.25, -0.2) is 13.4 Å². The third-order valence-electron chi connectivity index (χ3n) is 3.54. The van der Waals surface area contributed by atoms with Crippen molar-refractivity contribution in [3.63, 3.8) is 0 Å². The lowest BCUT2D eigenvalue weighted by Gasteiger charge is -2.18. The number of fused-ring (bicyclic) bond motifs is 1. The summed E-state index contributed by atoms with van der Waals surface area (Å²) in [6, 6.07) is 7.34. The van der Waals surface area contributed by atoms with Gasteiger partial charge in [-0.05, 0) is 19.2 Å². The first kappa shape index (κ1) is 23.7. The molecule has 0 aliphatic heterocycles. The molecule has 7 nitrogen and oxygen atoms in total. The Morgan fingerprint density at radius 1 is 1.28 bits per heavy atom. The fourth-order valence-electron chi connectivity index (χ4n) is 2.31. The number of sulfone groups is 1. The van der Waals surface area contributed by atoms with E-state index in [1.807, 2.05) is 31.3 Å². The number of carbonyl (C=O) groups excluding carboxylic acids is 1. The van der Waals surface area contributed by atoms with Crippen molar-refractivity contribution in [1.82, 2.24) is 19.8 Å². The Kier molecular flexibility index (Phi) is 9.42. The number of carbonyl (C=O) groups is 1. The Labute approximate surface area is 160 Å². The van der Waals surface area contributed by atoms with E-state index in [1.165, 1.54) is 0 Å². The fraction of sp³-hybridized carbons (Fsp3) is 0.467. The Hall–Kier alpha value is -1.35. The Bertz CT molecular complexity index is 808. The largest absolute Gasteiger partial charge is 0.343 e. The average Bonchev–Trinajstić information content (AvgIpc) is 2.80. The molecule has 0 aliphatic carbocycles. The van der Waals surface area contributed by atoms with E-state index in [4.69, 9.17) is 0 Å². The molecule has 1 aromatic heterocycles. The molecule has 25 heavy (non-hydrogen) atoms. The van der Waals surface area contributed by atoms with Crippen molar-refractivity contribution >= 4 is 51.6 Å². The predicted octanol–water partition coefficient (Wildman–Crippen LogP) is 1.10. The Morgan fingerprint density at radius 2 is 1.92 bits per heavy atom. The van der Waals surface area contributed by atoms with Gasteiger partial charge in [0.05, 0.1) is 11.0 Å². The summed E-state index contributed by atoms with van der Waals surface area (Å²) in [6.45, 7) is 1.36. The zero-order valence-corrected chi connectivity index (χ0v) is 16.9. The quantitative estimate of drug-likeness (QED) is 0.738. The molecule has 1 aromatic carbocycles. The van der Waals surface area contributed by atoms with Gasteiger partial charge in [-0.1, -0.05) is 12.1 Å². The topological polar surface area (TPSA) is 84.3 Å². The highest BCUT2D eigenvalue weighted by Gasteiger charge is 2.18. The van der Waals surface area contributed by atoms with Gasteiger partial charge in [-0.3, -0.25) is 4.79 Å². The molecule has 0 saturated carbocycles. The second-order valence-corrected chi connectivity index (χ2v) is 7.73. The summed E-state index contributed by atoms with van der Waals surface area (Å²) in [5.41, 5.74) is 1.46. The number of likely N-dealkylation sites (N-methyl/N-ethyl adjacent to an activating group) is 2. The van der Waals surface area contributed by atoms with Gasteiger partial charge in [0.2, 0.25) is 5.91 Å². The van der Waals surface area contributed by atoms with Crippen LogP contribution >= 0.6 is 24.8 Å². The van der Waals surface area contributed by atoms with E-state index in [0.29, 0.717) is 24.4 Å². The van der Waals surface area contributed by atoms with E-state index < -0.39 is 9.84 Å². The molecule has 0 radical (unpaired) electrons. The maximum absolute atomic E-state index is 12.4. The SMILES string of the molecule is CNCCN(C)C(=O)Cn1c(CS(C)(=O)=O)nc2ccccc21.Cl.Cl. The van der Waals surface area contributed by atoms with Crippen molar-refractivity contribution < 1.29 is 13.2 Å². The second-order valence-electron chi connectivity index (χ2n) is 5.59. The molecule has 1 N–H and O–H groups in total. The van der Waals surface area contributed by atoms with E-state index in [1.54, 1.807) is 16.5 Å². The smallest absolute Gasteiger partial charge is 0.242 e. The van der Waals surface area contributed by atoms with Gasteiger partial charge in [-0.2, -0.15) is 0 Å². The van der Waals surface area contributed by atoms with Crippen LogP contribution in [-0.4, -0.2) is 62.2 Å². The molecule has 1 heterocycles. The minimum atomic E-state index is -3.24. The minimum absolute atomic E-state index is 0. The number of hydrogen-bond acceptors (Lipinski definition) is 5. The summed E-state index contributed by atoms with van der Waals surface area (Å²) < 4.78 is 25.0. The summed E-state index contributed by atoms with van der Waals surface area (Å²) in [4.78, 5) is 18.4. The first-order valence-corrected chi connectivity index (χ1v) is 9.38. The predicted molar refractivity (Wildman–Crippen MR) is 104 cm³/mol. The van der Waals surface area contributed by atoms with Gasteiger partial charge in [-0.15, -0.1) is 24.8 Å². The lowest BCUT2D eigenvalue weighted by atomic mass is 10.3. The van der Waals surface area contributed by atoms with Crippen LogP contribution in [0.1, 0.15) is 5.82 Å². The van der Waals surface area contributed by atoms with E-state index in [0.717, 1.165) is 11.8 Å². The highest BCUT2D eigenvalue weighted by molar-refractivity contribution is 7.89. The summed E-state index contributed by atoms with van der Waals surface area (Å²) in [6.07, 6.45) is 1.16. The van der Waals surface area contributed by atoms with Crippen LogP contribution in [0.2, 0.25) is 0 Å². The molecule has 0 atom stereocenters. The van der Waals surface area contributed by atoms with Crippen molar-refractivity contribution in [2.75, 3.05) is 33.4 Å². The summed E-state index contributed by atoms with van der Waals surface area (Å²) in [5, 5.41) is 2.99. The van der Waals surface area contributed by atoms with Crippen LogP contribution in [-0.2, 0) is 26.9 Å². The third-order valence-corrected chi connectivity index (χ3v) is 4.32. The van der Waals surface area contributed by atoms with Crippen molar-refractivity contribution in [2.45, 2.75) is 12.3 Å². The molecule has 10 heteroatoms. The second kappa shape index (κ2) is 9.96. The Balaban J connectivity index is 0.00000288. The summed E-state index contributed by atoms with van der Waals surface area (Å²) >= 11 is 0. The lowest BCUT2D eigenvalue weighted by Crippen LogP contribution is -2.35. The standard InChI is InChI=1S/C15H22N4O3S.2ClH/c1-16-8-9-18(2)15(20)10-19-13-7-5-4-6-12(13)17-14(19)11-23(3,21)22;;/h4-7,16H,8-11H2,1-3H3;2*1H. The number of benzene rings is 1. The molecule has 0 unspecified atom stereocenters. The van der Waals surface area contributed by atoms with E-state index in [-0.39, 0.29) is 43.0 Å². The van der Waals surface area contributed by atoms with Crippen LogP contribution in [0.4, 0.5) is 0 Å². The number of amides is 1. The van der Waals surface area contributed by atoms with Crippen LogP contribution in [0.3, 0.4) is 0 Å². The number of halogens is 2. The zero-order valence-electron chi connectivity index (χ0n) is 14.4. The molecule has 0 spiro atoms. The molecule has 2 aromatic rings. The number of para-hydroxylation sites is 2. The summed E-state index contributed by atoms with van der Waals surface area (Å²) in [5.74, 6) is 0.122. The molecule has 2 rings (SSSR count). The van der Waals surface area contributed by atoms with Crippen molar-refractivity contribution in [3.8, 4) is 0 Å². The molecular weight excluding hydrogens is 387 g/mol. The number of imidazole rings is 1. The molecular formula is C15H24Cl2N4O3S. The number of aromatic nitrogens is 2. The average molecular weight is 411 g/mol. The first-order chi connectivity index (χ1) is 10.8. The van der Waals surface area contributed by atoms with Gasteiger partial charge in [0.15, 0.2) is 9.84 Å². The molecule has 0 bridgehead atoms. The molecule has 0 fully saturated rings. The number of nitrogens with one attached hydrogen (secondary N) is 1. The first-order valence-electron chi connectivity index (χ1n) is 7.32. The van der Waals surface area contributed by atoms with Gasteiger partial charge in [0, 0.05) is 26.4 Å². The van der Waals surface area contributed by atoms with Gasteiger partial charge < -0.3 is 14.8 Å². The van der Waals surface area contributed by atoms with Gasteiger partial charge in [0.25, 0.3) is 0 Å². The van der Waals surface area contributed by atoms with Crippen LogP contribution in [0, 0.1) is 0 Å². The highest BCUT2D eigenvalue weighted by atomic mass is 35.5. The van der Waals surface area contributed by atoms with Crippen LogP contribution in [0.15, 0.2) is 24.3 Å². The number of rotatable bonds is 7.